The van der Waals surface area contributed by atoms with Gasteiger partial charge in [-0.25, -0.2) is 0 Å². The van der Waals surface area contributed by atoms with Crippen molar-refractivity contribution in [3.05, 3.63) is 34.9 Å². The van der Waals surface area contributed by atoms with Crippen molar-refractivity contribution in [2.45, 2.75) is 33.1 Å². The summed E-state index contributed by atoms with van der Waals surface area (Å²) in [6, 6.07) is 6.04. The number of hydrogen-bond acceptors (Lipinski definition) is 1. The van der Waals surface area contributed by atoms with Crippen molar-refractivity contribution in [1.29, 1.82) is 0 Å². The smallest absolute Gasteiger partial charge is 0.253 e. The number of benzene rings is 1. The molecule has 0 aliphatic heterocycles. The summed E-state index contributed by atoms with van der Waals surface area (Å²) in [6.07, 6.45) is 0.974. The second-order valence-electron chi connectivity index (χ2n) is 4.62. The molecule has 0 spiro atoms. The van der Waals surface area contributed by atoms with Crippen LogP contribution >= 0.6 is 0 Å². The second kappa shape index (κ2) is 5.15. The van der Waals surface area contributed by atoms with Gasteiger partial charge in [0.2, 0.25) is 0 Å². The van der Waals surface area contributed by atoms with Crippen LogP contribution in [0.3, 0.4) is 0 Å². The van der Waals surface area contributed by atoms with Crippen LogP contribution in [0.2, 0.25) is 0 Å². The quantitative estimate of drug-likeness (QED) is 0.765. The molecule has 0 fully saturated rings. The molecule has 2 nitrogen and oxygen atoms in total. The Hall–Kier alpha value is -1.31. The fourth-order valence-corrected chi connectivity index (χ4v) is 1.87. The van der Waals surface area contributed by atoms with E-state index < -0.39 is 0 Å². The van der Waals surface area contributed by atoms with E-state index in [0.29, 0.717) is 5.92 Å². The molecule has 16 heavy (non-hydrogen) atoms. The van der Waals surface area contributed by atoms with Crippen LogP contribution in [0, 0.1) is 0 Å². The molecule has 0 heterocycles. The lowest BCUT2D eigenvalue weighted by atomic mass is 9.93. The number of amides is 1. The van der Waals surface area contributed by atoms with Crippen LogP contribution in [0.25, 0.3) is 0 Å². The first-order chi connectivity index (χ1) is 7.47. The minimum absolute atomic E-state index is 0.0741. The number of aryl methyl sites for hydroxylation is 1. The van der Waals surface area contributed by atoms with Crippen LogP contribution in [0.1, 0.15) is 48.2 Å². The zero-order valence-electron chi connectivity index (χ0n) is 10.9. The monoisotopic (exact) mass is 219 g/mol. The van der Waals surface area contributed by atoms with Crippen LogP contribution in [0.5, 0.6) is 0 Å². The van der Waals surface area contributed by atoms with Gasteiger partial charge in [-0.1, -0.05) is 26.8 Å². The molecule has 0 aliphatic carbocycles. The van der Waals surface area contributed by atoms with Gasteiger partial charge < -0.3 is 4.90 Å². The third-order valence-electron chi connectivity index (χ3n) is 2.80. The lowest BCUT2D eigenvalue weighted by Crippen LogP contribution is -2.21. The molecule has 88 valence electrons. The minimum atomic E-state index is 0.0741. The van der Waals surface area contributed by atoms with E-state index in [1.807, 2.05) is 12.1 Å². The molecule has 0 saturated heterocycles. The Morgan fingerprint density at radius 3 is 2.38 bits per heavy atom. The zero-order chi connectivity index (χ0) is 12.3. The van der Waals surface area contributed by atoms with Gasteiger partial charge in [0.05, 0.1) is 0 Å². The summed E-state index contributed by atoms with van der Waals surface area (Å²) in [5, 5.41) is 0. The van der Waals surface area contributed by atoms with Gasteiger partial charge >= 0.3 is 0 Å². The summed E-state index contributed by atoms with van der Waals surface area (Å²) in [4.78, 5) is 13.4. The van der Waals surface area contributed by atoms with Crippen LogP contribution in [0.15, 0.2) is 18.2 Å². The summed E-state index contributed by atoms with van der Waals surface area (Å²) < 4.78 is 0. The second-order valence-corrected chi connectivity index (χ2v) is 4.62. The first-order valence-corrected chi connectivity index (χ1v) is 5.81. The van der Waals surface area contributed by atoms with Crippen LogP contribution < -0.4 is 0 Å². The number of nitrogens with zero attached hydrogens (tertiary/aromatic N) is 1. The first-order valence-electron chi connectivity index (χ1n) is 5.81. The fourth-order valence-electron chi connectivity index (χ4n) is 1.87. The highest BCUT2D eigenvalue weighted by Crippen LogP contribution is 2.21. The van der Waals surface area contributed by atoms with Gasteiger partial charge in [-0.15, -0.1) is 0 Å². The topological polar surface area (TPSA) is 20.3 Å². The normalized spacial score (nSPS) is 10.6. The van der Waals surface area contributed by atoms with Crippen molar-refractivity contribution < 1.29 is 4.79 Å². The molecule has 2 heteroatoms. The van der Waals surface area contributed by atoms with Crippen molar-refractivity contribution in [3.8, 4) is 0 Å². The number of carbonyl (C=O) groups is 1. The van der Waals surface area contributed by atoms with E-state index in [-0.39, 0.29) is 5.91 Å². The highest BCUT2D eigenvalue weighted by molar-refractivity contribution is 5.94. The van der Waals surface area contributed by atoms with Gasteiger partial charge in [-0.05, 0) is 35.6 Å². The highest BCUT2D eigenvalue weighted by Gasteiger charge is 2.11. The van der Waals surface area contributed by atoms with E-state index in [1.165, 1.54) is 11.1 Å². The van der Waals surface area contributed by atoms with Crippen LogP contribution in [-0.4, -0.2) is 24.9 Å². The van der Waals surface area contributed by atoms with Gasteiger partial charge in [0.1, 0.15) is 0 Å². The molecule has 1 rings (SSSR count). The van der Waals surface area contributed by atoms with Crippen molar-refractivity contribution in [2.75, 3.05) is 14.1 Å². The number of hydrogen-bond donors (Lipinski definition) is 0. The van der Waals surface area contributed by atoms with E-state index in [2.05, 4.69) is 26.8 Å². The lowest BCUT2D eigenvalue weighted by molar-refractivity contribution is 0.0827. The molecular weight excluding hydrogens is 198 g/mol. The molecule has 1 aromatic rings. The molecule has 0 aliphatic rings. The maximum absolute atomic E-state index is 11.8. The SMILES string of the molecule is CCc1cc(C(=O)N(C)C)ccc1C(C)C. The summed E-state index contributed by atoms with van der Waals surface area (Å²) in [5.41, 5.74) is 3.41. The minimum Gasteiger partial charge on any atom is -0.345 e. The molecule has 0 bridgehead atoms. The first kappa shape index (κ1) is 12.8. The van der Waals surface area contributed by atoms with Crippen molar-refractivity contribution in [2.24, 2.45) is 0 Å². The summed E-state index contributed by atoms with van der Waals surface area (Å²) in [6.45, 7) is 6.50. The molecule has 0 atom stereocenters. The van der Waals surface area contributed by atoms with Gasteiger partial charge in [0.15, 0.2) is 0 Å². The Morgan fingerprint density at radius 2 is 1.94 bits per heavy atom. The van der Waals surface area contributed by atoms with Crippen molar-refractivity contribution in [1.82, 2.24) is 4.90 Å². The summed E-state index contributed by atoms with van der Waals surface area (Å²) in [7, 11) is 3.56. The molecule has 0 saturated carbocycles. The van der Waals surface area contributed by atoms with Crippen molar-refractivity contribution in [3.63, 3.8) is 0 Å². The van der Waals surface area contributed by atoms with Gasteiger partial charge in [-0.3, -0.25) is 4.79 Å². The summed E-state index contributed by atoms with van der Waals surface area (Å²) >= 11 is 0. The van der Waals surface area contributed by atoms with E-state index in [1.54, 1.807) is 19.0 Å². The maximum Gasteiger partial charge on any atom is 0.253 e. The van der Waals surface area contributed by atoms with Gasteiger partial charge in [0.25, 0.3) is 5.91 Å². The molecule has 0 radical (unpaired) electrons. The molecule has 1 aromatic carbocycles. The van der Waals surface area contributed by atoms with Crippen molar-refractivity contribution >= 4 is 5.91 Å². The van der Waals surface area contributed by atoms with Crippen LogP contribution in [-0.2, 0) is 6.42 Å². The third kappa shape index (κ3) is 2.63. The predicted molar refractivity (Wildman–Crippen MR) is 67.9 cm³/mol. The predicted octanol–water partition coefficient (Wildman–Crippen LogP) is 3.07. The third-order valence-corrected chi connectivity index (χ3v) is 2.80. The lowest BCUT2D eigenvalue weighted by Gasteiger charge is -2.15. The Bertz CT molecular complexity index is 380. The largest absolute Gasteiger partial charge is 0.345 e. The van der Waals surface area contributed by atoms with E-state index in [4.69, 9.17) is 0 Å². The van der Waals surface area contributed by atoms with Crippen LogP contribution in [0.4, 0.5) is 0 Å². The molecule has 0 N–H and O–H groups in total. The Balaban J connectivity index is 3.14. The van der Waals surface area contributed by atoms with Gasteiger partial charge in [-0.2, -0.15) is 0 Å². The zero-order valence-corrected chi connectivity index (χ0v) is 10.9. The average molecular weight is 219 g/mol. The fraction of sp³-hybridized carbons (Fsp3) is 0.500. The van der Waals surface area contributed by atoms with E-state index in [9.17, 15) is 4.79 Å². The van der Waals surface area contributed by atoms with E-state index in [0.717, 1.165) is 12.0 Å². The molecular formula is C14H21NO. The molecule has 0 unspecified atom stereocenters. The molecule has 1 amide bonds. The number of rotatable bonds is 3. The standard InChI is InChI=1S/C14H21NO/c1-6-11-9-12(14(16)15(4)5)7-8-13(11)10(2)3/h7-10H,6H2,1-5H3. The number of carbonyl (C=O) groups excluding carboxylic acids is 1. The Kier molecular flexibility index (Phi) is 4.11. The molecule has 0 aromatic heterocycles. The summed E-state index contributed by atoms with van der Waals surface area (Å²) in [5.74, 6) is 0.587. The maximum atomic E-state index is 11.8. The average Bonchev–Trinajstić information content (AvgIpc) is 2.26. The van der Waals surface area contributed by atoms with Gasteiger partial charge in [0, 0.05) is 19.7 Å². The van der Waals surface area contributed by atoms with E-state index >= 15 is 0 Å². The highest BCUT2D eigenvalue weighted by atomic mass is 16.2. The Morgan fingerprint density at radius 1 is 1.31 bits per heavy atom. The Labute approximate surface area is 98.3 Å².